The van der Waals surface area contributed by atoms with Gasteiger partial charge in [0, 0.05) is 36.5 Å². The van der Waals surface area contributed by atoms with Crippen LogP contribution >= 0.6 is 23.8 Å². The van der Waals surface area contributed by atoms with Gasteiger partial charge in [0.05, 0.1) is 15.6 Å². The highest BCUT2D eigenvalue weighted by atomic mass is 35.5. The highest BCUT2D eigenvalue weighted by Gasteiger charge is 2.13. The van der Waals surface area contributed by atoms with Crippen LogP contribution in [0.15, 0.2) is 42.5 Å². The van der Waals surface area contributed by atoms with Crippen LogP contribution in [0.2, 0.25) is 5.02 Å². The number of nitro groups is 1. The Morgan fingerprint density at radius 1 is 1.15 bits per heavy atom. The number of carbonyl (C=O) groups is 1. The topological polar surface area (TPSA) is 87.5 Å². The zero-order chi connectivity index (χ0) is 20.0. The van der Waals surface area contributed by atoms with E-state index in [1.807, 2.05) is 13.8 Å². The fraction of sp³-hybridized carbons (Fsp3) is 0.222. The maximum atomic E-state index is 12.3. The van der Waals surface area contributed by atoms with E-state index in [-0.39, 0.29) is 16.7 Å². The predicted molar refractivity (Wildman–Crippen MR) is 112 cm³/mol. The molecule has 0 saturated carbocycles. The lowest BCUT2D eigenvalue weighted by Gasteiger charge is -2.18. The number of nitrogens with one attached hydrogen (secondary N) is 2. The summed E-state index contributed by atoms with van der Waals surface area (Å²) in [5.41, 5.74) is 1.50. The molecule has 0 spiro atoms. The van der Waals surface area contributed by atoms with Crippen LogP contribution < -0.4 is 10.6 Å². The molecule has 0 aliphatic rings. The van der Waals surface area contributed by atoms with Crippen molar-refractivity contribution in [2.45, 2.75) is 13.8 Å². The van der Waals surface area contributed by atoms with Gasteiger partial charge < -0.3 is 15.5 Å². The Morgan fingerprint density at radius 2 is 1.78 bits per heavy atom. The highest BCUT2D eigenvalue weighted by molar-refractivity contribution is 7.80. The second kappa shape index (κ2) is 9.29. The van der Waals surface area contributed by atoms with Crippen molar-refractivity contribution in [3.8, 4) is 0 Å². The first kappa shape index (κ1) is 20.6. The quantitative estimate of drug-likeness (QED) is 0.416. The summed E-state index contributed by atoms with van der Waals surface area (Å²) in [5, 5.41) is 17.2. The molecule has 0 unspecified atom stereocenters. The largest absolute Gasteiger partial charge is 0.339 e. The summed E-state index contributed by atoms with van der Waals surface area (Å²) in [7, 11) is 0. The normalized spacial score (nSPS) is 10.2. The van der Waals surface area contributed by atoms with Crippen LogP contribution in [0.25, 0.3) is 0 Å². The van der Waals surface area contributed by atoms with Crippen molar-refractivity contribution in [3.63, 3.8) is 0 Å². The van der Waals surface area contributed by atoms with Gasteiger partial charge in [0.15, 0.2) is 5.11 Å². The molecule has 2 aromatic rings. The monoisotopic (exact) mass is 406 g/mol. The van der Waals surface area contributed by atoms with E-state index in [1.54, 1.807) is 29.2 Å². The maximum Gasteiger partial charge on any atom is 0.271 e. The van der Waals surface area contributed by atoms with Gasteiger partial charge >= 0.3 is 0 Å². The Bertz CT molecular complexity index is 854. The minimum Gasteiger partial charge on any atom is -0.339 e. The summed E-state index contributed by atoms with van der Waals surface area (Å²) in [6.45, 7) is 5.15. The van der Waals surface area contributed by atoms with Crippen molar-refractivity contribution >= 4 is 51.9 Å². The van der Waals surface area contributed by atoms with E-state index >= 15 is 0 Å². The number of anilines is 2. The standard InChI is InChI=1S/C18H19ClN4O3S/c1-3-22(4-2)17(24)12-5-7-13(8-6-12)20-18(27)21-16-11-14(23(25)26)9-10-15(16)19/h5-11H,3-4H2,1-2H3,(H2,20,21,27). The molecule has 2 N–H and O–H groups in total. The van der Waals surface area contributed by atoms with E-state index < -0.39 is 4.92 Å². The summed E-state index contributed by atoms with van der Waals surface area (Å²) in [6, 6.07) is 11.0. The SMILES string of the molecule is CCN(CC)C(=O)c1ccc(NC(=S)Nc2cc([N+](=O)[O-])ccc2Cl)cc1. The molecule has 27 heavy (non-hydrogen) atoms. The fourth-order valence-electron chi connectivity index (χ4n) is 2.40. The van der Waals surface area contributed by atoms with Crippen molar-refractivity contribution in [3.05, 3.63) is 63.2 Å². The van der Waals surface area contributed by atoms with E-state index in [4.69, 9.17) is 23.8 Å². The summed E-state index contributed by atoms with van der Waals surface area (Å²) >= 11 is 11.3. The minimum atomic E-state index is -0.510. The molecular formula is C18H19ClN4O3S. The molecule has 0 heterocycles. The molecule has 7 nitrogen and oxygen atoms in total. The van der Waals surface area contributed by atoms with Gasteiger partial charge in [-0.25, -0.2) is 0 Å². The average molecular weight is 407 g/mol. The fourth-order valence-corrected chi connectivity index (χ4v) is 2.79. The van der Waals surface area contributed by atoms with Crippen molar-refractivity contribution in [1.29, 1.82) is 0 Å². The van der Waals surface area contributed by atoms with Crippen LogP contribution in [0.1, 0.15) is 24.2 Å². The zero-order valence-corrected chi connectivity index (χ0v) is 16.4. The Labute approximate surface area is 167 Å². The number of carbonyl (C=O) groups excluding carboxylic acids is 1. The number of amides is 1. The number of non-ortho nitro benzene ring substituents is 1. The minimum absolute atomic E-state index is 0.0318. The van der Waals surface area contributed by atoms with Gasteiger partial charge in [-0.1, -0.05) is 11.6 Å². The zero-order valence-electron chi connectivity index (χ0n) is 14.9. The van der Waals surface area contributed by atoms with E-state index in [9.17, 15) is 14.9 Å². The number of thiocarbonyl (C=S) groups is 1. The third-order valence-electron chi connectivity index (χ3n) is 3.85. The van der Waals surface area contributed by atoms with E-state index in [1.165, 1.54) is 18.2 Å². The molecule has 0 bridgehead atoms. The Balaban J connectivity index is 2.05. The van der Waals surface area contributed by atoms with Crippen molar-refractivity contribution < 1.29 is 9.72 Å². The first-order valence-corrected chi connectivity index (χ1v) is 9.05. The second-order valence-corrected chi connectivity index (χ2v) is 6.37. The number of nitrogens with zero attached hydrogens (tertiary/aromatic N) is 2. The lowest BCUT2D eigenvalue weighted by molar-refractivity contribution is -0.384. The number of benzene rings is 2. The van der Waals surface area contributed by atoms with Crippen molar-refractivity contribution in [2.75, 3.05) is 23.7 Å². The summed E-state index contributed by atoms with van der Waals surface area (Å²) in [6.07, 6.45) is 0. The van der Waals surface area contributed by atoms with Crippen molar-refractivity contribution in [1.82, 2.24) is 4.90 Å². The number of hydrogen-bond acceptors (Lipinski definition) is 4. The number of hydrogen-bond donors (Lipinski definition) is 2. The molecule has 0 aliphatic carbocycles. The molecule has 0 aliphatic heterocycles. The van der Waals surface area contributed by atoms with Crippen LogP contribution in [-0.4, -0.2) is 33.9 Å². The molecule has 0 aromatic heterocycles. The summed E-state index contributed by atoms with van der Waals surface area (Å²) in [5.74, 6) is -0.0318. The Morgan fingerprint density at radius 3 is 2.33 bits per heavy atom. The molecule has 0 saturated heterocycles. The van der Waals surface area contributed by atoms with Crippen LogP contribution in [0.5, 0.6) is 0 Å². The van der Waals surface area contributed by atoms with Gasteiger partial charge in [-0.05, 0) is 56.4 Å². The maximum absolute atomic E-state index is 12.3. The molecule has 0 fully saturated rings. The van der Waals surface area contributed by atoms with Crippen molar-refractivity contribution in [2.24, 2.45) is 0 Å². The summed E-state index contributed by atoms with van der Waals surface area (Å²) in [4.78, 5) is 24.4. The van der Waals surface area contributed by atoms with Gasteiger partial charge in [-0.15, -0.1) is 0 Å². The second-order valence-electron chi connectivity index (χ2n) is 5.56. The van der Waals surface area contributed by atoms with Gasteiger partial charge in [-0.3, -0.25) is 14.9 Å². The molecule has 9 heteroatoms. The number of halogens is 1. The molecule has 0 radical (unpaired) electrons. The summed E-state index contributed by atoms with van der Waals surface area (Å²) < 4.78 is 0. The van der Waals surface area contributed by atoms with Gasteiger partial charge in [0.2, 0.25) is 0 Å². The third-order valence-corrected chi connectivity index (χ3v) is 4.38. The third kappa shape index (κ3) is 5.38. The van der Waals surface area contributed by atoms with Gasteiger partial charge in [-0.2, -0.15) is 0 Å². The van der Waals surface area contributed by atoms with E-state index in [2.05, 4.69) is 10.6 Å². The van der Waals surface area contributed by atoms with E-state index in [0.29, 0.717) is 35.1 Å². The molecule has 2 rings (SSSR count). The Kier molecular flexibility index (Phi) is 7.09. The molecule has 2 aromatic carbocycles. The molecule has 1 amide bonds. The highest BCUT2D eigenvalue weighted by Crippen LogP contribution is 2.26. The van der Waals surface area contributed by atoms with Gasteiger partial charge in [0.1, 0.15) is 0 Å². The predicted octanol–water partition coefficient (Wildman–Crippen LogP) is 4.54. The van der Waals surface area contributed by atoms with E-state index in [0.717, 1.165) is 0 Å². The van der Waals surface area contributed by atoms with Gasteiger partial charge in [0.25, 0.3) is 11.6 Å². The Hall–Kier alpha value is -2.71. The first-order chi connectivity index (χ1) is 12.8. The molecular weight excluding hydrogens is 388 g/mol. The lowest BCUT2D eigenvalue weighted by Crippen LogP contribution is -2.30. The number of rotatable bonds is 6. The van der Waals surface area contributed by atoms with Crippen LogP contribution in [-0.2, 0) is 0 Å². The van der Waals surface area contributed by atoms with Crippen LogP contribution in [0.3, 0.4) is 0 Å². The molecule has 142 valence electrons. The molecule has 0 atom stereocenters. The first-order valence-electron chi connectivity index (χ1n) is 8.27. The lowest BCUT2D eigenvalue weighted by atomic mass is 10.2. The van der Waals surface area contributed by atoms with Crippen LogP contribution in [0, 0.1) is 10.1 Å². The van der Waals surface area contributed by atoms with Crippen LogP contribution in [0.4, 0.5) is 17.1 Å². The smallest absolute Gasteiger partial charge is 0.271 e. The average Bonchev–Trinajstić information content (AvgIpc) is 2.64. The number of nitro benzene ring substituents is 1.